The molecular formula is C38H77NO6S. The number of carbonyl (C=O) groups excluding carboxylic acids is 1. The van der Waals surface area contributed by atoms with E-state index < -0.39 is 40.0 Å². The zero-order valence-electron chi connectivity index (χ0n) is 30.3. The first kappa shape index (κ1) is 45.3. The predicted molar refractivity (Wildman–Crippen MR) is 195 cm³/mol. The van der Waals surface area contributed by atoms with Crippen LogP contribution in [0.5, 0.6) is 0 Å². The van der Waals surface area contributed by atoms with E-state index >= 15 is 0 Å². The highest BCUT2D eigenvalue weighted by atomic mass is 32.2. The average molecular weight is 676 g/mol. The molecule has 0 aliphatic heterocycles. The Hall–Kier alpha value is -0.700. The second-order valence-electron chi connectivity index (χ2n) is 14.1. The molecule has 0 heterocycles. The number of carbonyl (C=O) groups is 1. The molecule has 0 saturated carbocycles. The smallest absolute Gasteiger partial charge is 0.266 e. The van der Waals surface area contributed by atoms with E-state index in [1.165, 1.54) is 141 Å². The van der Waals surface area contributed by atoms with Gasteiger partial charge in [-0.05, 0) is 12.8 Å². The van der Waals surface area contributed by atoms with Crippen LogP contribution in [0.2, 0.25) is 0 Å². The van der Waals surface area contributed by atoms with E-state index in [2.05, 4.69) is 19.2 Å². The van der Waals surface area contributed by atoms with Crippen LogP contribution in [-0.4, -0.2) is 53.1 Å². The maximum Gasteiger partial charge on any atom is 0.266 e. The molecule has 8 heteroatoms. The predicted octanol–water partition coefficient (Wildman–Crippen LogP) is 10.2. The van der Waals surface area contributed by atoms with Crippen LogP contribution in [0.15, 0.2) is 0 Å². The highest BCUT2D eigenvalue weighted by Gasteiger charge is 2.28. The minimum atomic E-state index is -4.39. The van der Waals surface area contributed by atoms with Gasteiger partial charge in [-0.25, -0.2) is 0 Å². The molecule has 0 aliphatic rings. The Kier molecular flexibility index (Phi) is 32.3. The van der Waals surface area contributed by atoms with Gasteiger partial charge in [0.25, 0.3) is 10.1 Å². The van der Waals surface area contributed by atoms with Gasteiger partial charge in [0.15, 0.2) is 0 Å². The SMILES string of the molecule is CCCCCCCCCCCCCCCCCCCCCCCC(O)C(=O)NC(CS(=O)(=O)O)C(O)CCCCCCCCCC. The Balaban J connectivity index is 3.82. The summed E-state index contributed by atoms with van der Waals surface area (Å²) in [5, 5.41) is 23.4. The summed E-state index contributed by atoms with van der Waals surface area (Å²) in [4.78, 5) is 12.5. The van der Waals surface area contributed by atoms with Gasteiger partial charge >= 0.3 is 0 Å². The van der Waals surface area contributed by atoms with Crippen molar-refractivity contribution < 1.29 is 28.0 Å². The summed E-state index contributed by atoms with van der Waals surface area (Å²) < 4.78 is 32.3. The number of aliphatic hydroxyl groups excluding tert-OH is 2. The van der Waals surface area contributed by atoms with Gasteiger partial charge in [0.05, 0.1) is 17.9 Å². The zero-order chi connectivity index (χ0) is 34.1. The molecule has 0 saturated heterocycles. The van der Waals surface area contributed by atoms with E-state index in [4.69, 9.17) is 0 Å². The lowest BCUT2D eigenvalue weighted by molar-refractivity contribution is -0.131. The van der Waals surface area contributed by atoms with E-state index in [-0.39, 0.29) is 0 Å². The number of nitrogens with one attached hydrogen (secondary N) is 1. The number of amides is 1. The van der Waals surface area contributed by atoms with Crippen molar-refractivity contribution in [1.29, 1.82) is 0 Å². The lowest BCUT2D eigenvalue weighted by atomic mass is 10.0. The Morgan fingerprint density at radius 3 is 1.09 bits per heavy atom. The number of unbranched alkanes of at least 4 members (excludes halogenated alkanes) is 27. The van der Waals surface area contributed by atoms with Crippen LogP contribution in [0, 0.1) is 0 Å². The Labute approximate surface area is 285 Å². The lowest BCUT2D eigenvalue weighted by Gasteiger charge is -2.24. The van der Waals surface area contributed by atoms with Crippen molar-refractivity contribution in [2.45, 2.75) is 231 Å². The van der Waals surface area contributed by atoms with Gasteiger partial charge in [-0.15, -0.1) is 0 Å². The molecule has 3 unspecified atom stereocenters. The fraction of sp³-hybridized carbons (Fsp3) is 0.974. The highest BCUT2D eigenvalue weighted by molar-refractivity contribution is 7.85. The molecule has 0 radical (unpaired) electrons. The molecular weight excluding hydrogens is 598 g/mol. The van der Waals surface area contributed by atoms with Crippen molar-refractivity contribution >= 4 is 16.0 Å². The molecule has 0 aromatic carbocycles. The third kappa shape index (κ3) is 31.9. The first-order valence-corrected chi connectivity index (χ1v) is 21.4. The highest BCUT2D eigenvalue weighted by Crippen LogP contribution is 2.16. The lowest BCUT2D eigenvalue weighted by Crippen LogP contribution is -2.50. The molecule has 0 aromatic rings. The summed E-state index contributed by atoms with van der Waals surface area (Å²) in [7, 11) is -4.39. The van der Waals surface area contributed by atoms with Gasteiger partial charge in [0, 0.05) is 0 Å². The first-order chi connectivity index (χ1) is 22.2. The monoisotopic (exact) mass is 676 g/mol. The van der Waals surface area contributed by atoms with Crippen LogP contribution in [0.1, 0.15) is 213 Å². The summed E-state index contributed by atoms with van der Waals surface area (Å²) in [6.07, 6.45) is 34.3. The van der Waals surface area contributed by atoms with Crippen molar-refractivity contribution in [2.75, 3.05) is 5.75 Å². The minimum absolute atomic E-state index is 0.303. The molecule has 0 bridgehead atoms. The second-order valence-corrected chi connectivity index (χ2v) is 15.6. The fourth-order valence-electron chi connectivity index (χ4n) is 6.34. The Bertz CT molecular complexity index is 762. The maximum atomic E-state index is 12.5. The van der Waals surface area contributed by atoms with E-state index in [9.17, 15) is 28.0 Å². The topological polar surface area (TPSA) is 124 Å². The number of hydrogen-bond acceptors (Lipinski definition) is 5. The van der Waals surface area contributed by atoms with Crippen LogP contribution < -0.4 is 5.32 Å². The van der Waals surface area contributed by atoms with E-state index in [1.807, 2.05) is 0 Å². The molecule has 0 aliphatic carbocycles. The van der Waals surface area contributed by atoms with Crippen molar-refractivity contribution in [2.24, 2.45) is 0 Å². The molecule has 4 N–H and O–H groups in total. The summed E-state index contributed by atoms with van der Waals surface area (Å²) in [5.74, 6) is -1.44. The van der Waals surface area contributed by atoms with Crippen molar-refractivity contribution in [3.63, 3.8) is 0 Å². The van der Waals surface area contributed by atoms with Gasteiger partial charge in [0.2, 0.25) is 5.91 Å². The Morgan fingerprint density at radius 2 is 0.783 bits per heavy atom. The molecule has 1 amide bonds. The second kappa shape index (κ2) is 32.8. The van der Waals surface area contributed by atoms with Crippen molar-refractivity contribution in [3.05, 3.63) is 0 Å². The normalized spacial score (nSPS) is 13.9. The number of hydrogen-bond donors (Lipinski definition) is 4. The zero-order valence-corrected chi connectivity index (χ0v) is 31.2. The van der Waals surface area contributed by atoms with Crippen LogP contribution in [0.25, 0.3) is 0 Å². The Morgan fingerprint density at radius 1 is 0.500 bits per heavy atom. The van der Waals surface area contributed by atoms with Crippen molar-refractivity contribution in [3.8, 4) is 0 Å². The standard InChI is InChI=1S/C38H77NO6S/c1-3-5-7-9-11-13-14-15-16-17-18-19-20-21-22-23-24-25-27-29-31-33-37(41)38(42)39-35(34-46(43,44)45)36(40)32-30-28-26-12-10-8-6-4-2/h35-37,40-41H,3-34H2,1-2H3,(H,39,42)(H,43,44,45). The summed E-state index contributed by atoms with van der Waals surface area (Å²) >= 11 is 0. The van der Waals surface area contributed by atoms with E-state index in [0.717, 1.165) is 44.9 Å². The van der Waals surface area contributed by atoms with Crippen LogP contribution in [0.4, 0.5) is 0 Å². The summed E-state index contributed by atoms with van der Waals surface area (Å²) in [6.45, 7) is 4.46. The summed E-state index contributed by atoms with van der Waals surface area (Å²) in [5.41, 5.74) is 0. The quantitative estimate of drug-likeness (QED) is 0.0387. The van der Waals surface area contributed by atoms with Gasteiger partial charge in [-0.1, -0.05) is 200 Å². The maximum absolute atomic E-state index is 12.5. The van der Waals surface area contributed by atoms with Crippen LogP contribution in [-0.2, 0) is 14.9 Å². The fourth-order valence-corrected chi connectivity index (χ4v) is 7.10. The molecule has 0 aromatic heterocycles. The molecule has 0 fully saturated rings. The molecule has 3 atom stereocenters. The van der Waals surface area contributed by atoms with Gasteiger partial charge < -0.3 is 15.5 Å². The minimum Gasteiger partial charge on any atom is -0.391 e. The van der Waals surface area contributed by atoms with Gasteiger partial charge in [-0.3, -0.25) is 9.35 Å². The average Bonchev–Trinajstić information content (AvgIpc) is 3.01. The van der Waals surface area contributed by atoms with Crippen LogP contribution in [0.3, 0.4) is 0 Å². The number of rotatable bonds is 36. The van der Waals surface area contributed by atoms with Crippen molar-refractivity contribution in [1.82, 2.24) is 5.32 Å². The molecule has 0 spiro atoms. The van der Waals surface area contributed by atoms with Crippen LogP contribution >= 0.6 is 0 Å². The molecule has 276 valence electrons. The third-order valence-electron chi connectivity index (χ3n) is 9.42. The first-order valence-electron chi connectivity index (χ1n) is 19.8. The van der Waals surface area contributed by atoms with E-state index in [0.29, 0.717) is 12.8 Å². The number of aliphatic hydroxyl groups is 2. The molecule has 7 nitrogen and oxygen atoms in total. The van der Waals surface area contributed by atoms with E-state index in [1.54, 1.807) is 0 Å². The third-order valence-corrected chi connectivity index (χ3v) is 10.2. The largest absolute Gasteiger partial charge is 0.391 e. The van der Waals surface area contributed by atoms with Gasteiger partial charge in [-0.2, -0.15) is 8.42 Å². The van der Waals surface area contributed by atoms with Gasteiger partial charge in [0.1, 0.15) is 6.10 Å². The molecule has 46 heavy (non-hydrogen) atoms. The summed E-state index contributed by atoms with van der Waals surface area (Å²) in [6, 6.07) is -1.14. The molecule has 0 rings (SSSR count).